The second kappa shape index (κ2) is 5.50. The number of piperidine rings is 1. The van der Waals surface area contributed by atoms with Gasteiger partial charge in [-0.15, -0.1) is 0 Å². The number of carboxylic acid groups (broad SMARTS) is 1. The summed E-state index contributed by atoms with van der Waals surface area (Å²) in [6, 6.07) is 3.33. The van der Waals surface area contributed by atoms with Crippen molar-refractivity contribution in [3.63, 3.8) is 0 Å². The van der Waals surface area contributed by atoms with Crippen LogP contribution >= 0.6 is 0 Å². The van der Waals surface area contributed by atoms with E-state index in [0.29, 0.717) is 24.3 Å². The molecular weight excluding hydrogens is 275 g/mol. The summed E-state index contributed by atoms with van der Waals surface area (Å²) in [7, 11) is 0. The van der Waals surface area contributed by atoms with Gasteiger partial charge in [0.05, 0.1) is 0 Å². The molecule has 1 aromatic rings. The molecule has 2 bridgehead atoms. The van der Waals surface area contributed by atoms with Gasteiger partial charge in [-0.05, 0) is 31.4 Å². The minimum absolute atomic E-state index is 0.0366. The summed E-state index contributed by atoms with van der Waals surface area (Å²) in [6.45, 7) is 1.48. The molecule has 3 heterocycles. The Morgan fingerprint density at radius 3 is 2.71 bits per heavy atom. The van der Waals surface area contributed by atoms with Crippen molar-refractivity contribution in [3.8, 4) is 5.88 Å². The molecule has 2 saturated heterocycles. The lowest BCUT2D eigenvalue weighted by Gasteiger charge is -2.36. The summed E-state index contributed by atoms with van der Waals surface area (Å²) in [5, 5.41) is 9.22. The molecule has 1 aromatic heterocycles. The van der Waals surface area contributed by atoms with E-state index in [1.54, 1.807) is 23.2 Å². The zero-order chi connectivity index (χ0) is 15.0. The number of amides is 1. The smallest absolute Gasteiger partial charge is 0.407 e. The van der Waals surface area contributed by atoms with E-state index in [0.717, 1.165) is 12.8 Å². The standard InChI is InChI=1S/C15H19FN2O3/c1-9(16)10-4-5-17-14(6-10)21-13-7-11-2-3-12(8-13)18(11)15(19)20/h4-6,9,11-13H,2-3,7-8H2,1H3,(H,19,20)/t9?,11-,12+,13+. The van der Waals surface area contributed by atoms with Crippen molar-refractivity contribution in [2.45, 2.75) is 57.0 Å². The number of fused-ring (bicyclic) bond motifs is 2. The van der Waals surface area contributed by atoms with Gasteiger partial charge in [-0.2, -0.15) is 0 Å². The minimum atomic E-state index is -1.06. The quantitative estimate of drug-likeness (QED) is 0.930. The second-order valence-electron chi connectivity index (χ2n) is 5.83. The minimum Gasteiger partial charge on any atom is -0.474 e. The molecule has 21 heavy (non-hydrogen) atoms. The molecule has 3 rings (SSSR count). The lowest BCUT2D eigenvalue weighted by atomic mass is 10.0. The molecule has 0 spiro atoms. The van der Waals surface area contributed by atoms with E-state index in [2.05, 4.69) is 4.98 Å². The molecule has 2 fully saturated rings. The predicted molar refractivity (Wildman–Crippen MR) is 74.1 cm³/mol. The Morgan fingerprint density at radius 1 is 1.48 bits per heavy atom. The number of nitrogens with zero attached hydrogens (tertiary/aromatic N) is 2. The Hall–Kier alpha value is -1.85. The van der Waals surface area contributed by atoms with Gasteiger partial charge in [-0.3, -0.25) is 0 Å². The van der Waals surface area contributed by atoms with Gasteiger partial charge in [0.15, 0.2) is 0 Å². The first-order valence-electron chi connectivity index (χ1n) is 7.32. The fraction of sp³-hybridized carbons (Fsp3) is 0.600. The van der Waals surface area contributed by atoms with Crippen LogP contribution in [0.1, 0.15) is 44.3 Å². The number of pyridine rings is 1. The Labute approximate surface area is 122 Å². The summed E-state index contributed by atoms with van der Waals surface area (Å²) in [5.74, 6) is 0.421. The van der Waals surface area contributed by atoms with E-state index < -0.39 is 12.3 Å². The van der Waals surface area contributed by atoms with E-state index in [1.165, 1.54) is 6.92 Å². The molecule has 114 valence electrons. The van der Waals surface area contributed by atoms with E-state index in [4.69, 9.17) is 4.74 Å². The molecule has 0 aromatic carbocycles. The van der Waals surface area contributed by atoms with E-state index >= 15 is 0 Å². The van der Waals surface area contributed by atoms with Crippen LogP contribution in [-0.2, 0) is 0 Å². The van der Waals surface area contributed by atoms with Crippen molar-refractivity contribution in [1.82, 2.24) is 9.88 Å². The molecule has 0 radical (unpaired) electrons. The van der Waals surface area contributed by atoms with Gasteiger partial charge in [0.2, 0.25) is 5.88 Å². The van der Waals surface area contributed by atoms with Gasteiger partial charge in [-0.1, -0.05) is 0 Å². The Balaban J connectivity index is 1.68. The normalized spacial score (nSPS) is 29.2. The topological polar surface area (TPSA) is 62.7 Å². The lowest BCUT2D eigenvalue weighted by Crippen LogP contribution is -2.48. The molecule has 6 heteroatoms. The number of rotatable bonds is 3. The van der Waals surface area contributed by atoms with Gasteiger partial charge in [-0.25, -0.2) is 14.2 Å². The van der Waals surface area contributed by atoms with Gasteiger partial charge in [0, 0.05) is 37.2 Å². The number of aromatic nitrogens is 1. The third kappa shape index (κ3) is 2.80. The summed E-state index contributed by atoms with van der Waals surface area (Å²) in [5.41, 5.74) is 0.547. The second-order valence-corrected chi connectivity index (χ2v) is 5.83. The molecule has 5 nitrogen and oxygen atoms in total. The van der Waals surface area contributed by atoms with E-state index in [-0.39, 0.29) is 18.2 Å². The molecule has 1 amide bonds. The van der Waals surface area contributed by atoms with Crippen LogP contribution in [0.15, 0.2) is 18.3 Å². The Morgan fingerprint density at radius 2 is 2.14 bits per heavy atom. The third-order valence-electron chi connectivity index (χ3n) is 4.42. The van der Waals surface area contributed by atoms with Crippen molar-refractivity contribution < 1.29 is 19.0 Å². The molecule has 1 N–H and O–H groups in total. The monoisotopic (exact) mass is 294 g/mol. The first-order chi connectivity index (χ1) is 10.0. The van der Waals surface area contributed by atoms with E-state index in [1.807, 2.05) is 0 Å². The average molecular weight is 294 g/mol. The molecule has 0 aliphatic carbocycles. The van der Waals surface area contributed by atoms with Crippen LogP contribution in [0.25, 0.3) is 0 Å². The van der Waals surface area contributed by atoms with E-state index in [9.17, 15) is 14.3 Å². The third-order valence-corrected chi connectivity index (χ3v) is 4.42. The summed E-state index contributed by atoms with van der Waals surface area (Å²) in [4.78, 5) is 16.9. The Bertz CT molecular complexity index is 523. The molecule has 0 saturated carbocycles. The van der Waals surface area contributed by atoms with Crippen molar-refractivity contribution in [3.05, 3.63) is 23.9 Å². The first-order valence-corrected chi connectivity index (χ1v) is 7.32. The molecule has 2 aliphatic heterocycles. The van der Waals surface area contributed by atoms with Crippen LogP contribution in [0.3, 0.4) is 0 Å². The number of carbonyl (C=O) groups is 1. The van der Waals surface area contributed by atoms with Crippen LogP contribution in [0.2, 0.25) is 0 Å². The fourth-order valence-corrected chi connectivity index (χ4v) is 3.44. The van der Waals surface area contributed by atoms with Crippen molar-refractivity contribution in [1.29, 1.82) is 0 Å². The predicted octanol–water partition coefficient (Wildman–Crippen LogP) is 3.16. The highest BCUT2D eigenvalue weighted by Crippen LogP contribution is 2.37. The zero-order valence-electron chi connectivity index (χ0n) is 11.9. The Kier molecular flexibility index (Phi) is 3.69. The van der Waals surface area contributed by atoms with Gasteiger partial charge < -0.3 is 14.7 Å². The van der Waals surface area contributed by atoms with Gasteiger partial charge >= 0.3 is 6.09 Å². The lowest BCUT2D eigenvalue weighted by molar-refractivity contribution is 0.0476. The molecule has 2 aliphatic rings. The number of alkyl halides is 1. The number of halogens is 1. The van der Waals surface area contributed by atoms with Crippen molar-refractivity contribution in [2.24, 2.45) is 0 Å². The highest BCUT2D eigenvalue weighted by atomic mass is 19.1. The first kappa shape index (κ1) is 14.1. The van der Waals surface area contributed by atoms with Gasteiger partial charge in [0.25, 0.3) is 0 Å². The summed E-state index contributed by atoms with van der Waals surface area (Å²) < 4.78 is 19.2. The summed E-state index contributed by atoms with van der Waals surface area (Å²) in [6.07, 6.45) is 2.75. The number of ether oxygens (including phenoxy) is 1. The number of hydrogen-bond donors (Lipinski definition) is 1. The summed E-state index contributed by atoms with van der Waals surface area (Å²) >= 11 is 0. The highest BCUT2D eigenvalue weighted by Gasteiger charge is 2.44. The molecule has 1 unspecified atom stereocenters. The highest BCUT2D eigenvalue weighted by molar-refractivity contribution is 5.66. The van der Waals surface area contributed by atoms with Crippen LogP contribution in [0, 0.1) is 0 Å². The maximum atomic E-state index is 13.3. The molecule has 4 atom stereocenters. The number of hydrogen-bond acceptors (Lipinski definition) is 3. The van der Waals surface area contributed by atoms with Crippen LogP contribution in [0.4, 0.5) is 9.18 Å². The van der Waals surface area contributed by atoms with Gasteiger partial charge in [0.1, 0.15) is 12.3 Å². The van der Waals surface area contributed by atoms with Crippen LogP contribution in [0.5, 0.6) is 5.88 Å². The van der Waals surface area contributed by atoms with Crippen molar-refractivity contribution >= 4 is 6.09 Å². The van der Waals surface area contributed by atoms with Crippen molar-refractivity contribution in [2.75, 3.05) is 0 Å². The largest absolute Gasteiger partial charge is 0.474 e. The SMILES string of the molecule is CC(F)c1ccnc(O[C@H]2C[C@H]3CC[C@@H](C2)N3C(=O)O)c1. The molecular formula is C15H19FN2O3. The fourth-order valence-electron chi connectivity index (χ4n) is 3.44. The zero-order valence-corrected chi connectivity index (χ0v) is 11.9. The van der Waals surface area contributed by atoms with Crippen LogP contribution in [-0.4, -0.2) is 39.3 Å². The maximum Gasteiger partial charge on any atom is 0.407 e. The maximum absolute atomic E-state index is 13.3. The average Bonchev–Trinajstić information content (AvgIpc) is 2.71. The van der Waals surface area contributed by atoms with Crippen LogP contribution < -0.4 is 4.74 Å².